The number of rotatable bonds is 2. The van der Waals surface area contributed by atoms with Crippen molar-refractivity contribution in [2.24, 2.45) is 0 Å². The zero-order valence-electron chi connectivity index (χ0n) is 9.83. The predicted molar refractivity (Wildman–Crippen MR) is 51.8 cm³/mol. The lowest BCUT2D eigenvalue weighted by molar-refractivity contribution is -0.705. The SMILES string of the molecule is [O-][NH+](c1c(F)nc(F)c(F)c1F)c1c(F)nc(F)c(F)c1F. The molecule has 2 heterocycles. The Hall–Kier alpha value is -2.34. The van der Waals surface area contributed by atoms with Crippen molar-refractivity contribution in [2.45, 2.75) is 0 Å². The lowest BCUT2D eigenvalue weighted by Crippen LogP contribution is -2.98. The number of hydrogen-bond acceptors (Lipinski definition) is 3. The summed E-state index contributed by atoms with van der Waals surface area (Å²) >= 11 is 0. The average Bonchev–Trinajstić information content (AvgIpc) is 2.42. The summed E-state index contributed by atoms with van der Waals surface area (Å²) in [6.07, 6.45) is 0. The van der Waals surface area contributed by atoms with E-state index in [2.05, 4.69) is 9.97 Å². The van der Waals surface area contributed by atoms with Gasteiger partial charge in [0, 0.05) is 0 Å². The maximum Gasteiger partial charge on any atom is 0.281 e. The first kappa shape index (κ1) is 16.0. The highest BCUT2D eigenvalue weighted by Crippen LogP contribution is 2.23. The zero-order valence-corrected chi connectivity index (χ0v) is 9.83. The molecule has 1 N–H and O–H groups in total. The summed E-state index contributed by atoms with van der Waals surface area (Å²) in [5.74, 6) is -18.7. The molecule has 0 amide bonds. The Bertz CT molecular complexity index is 705. The molecule has 0 spiro atoms. The number of hydrogen-bond donors (Lipinski definition) is 1. The van der Waals surface area contributed by atoms with Crippen LogP contribution in [0.4, 0.5) is 46.5 Å². The standard InChI is InChI=1S/C10HF8N3O/c11-1-3(13)7(15)19-9(17)5(1)21(22)6-2(12)4(14)8(16)20-10(6)18/h21H. The molecule has 0 aliphatic heterocycles. The predicted octanol–water partition coefficient (Wildman–Crippen LogP) is 1.94. The Balaban J connectivity index is 2.72. The number of nitrogens with one attached hydrogen (secondary N) is 1. The van der Waals surface area contributed by atoms with Crippen LogP contribution in [0.1, 0.15) is 0 Å². The monoisotopic (exact) mass is 331 g/mol. The van der Waals surface area contributed by atoms with Crippen LogP contribution in [-0.2, 0) is 0 Å². The van der Waals surface area contributed by atoms with E-state index in [0.29, 0.717) is 0 Å². The molecule has 12 heteroatoms. The van der Waals surface area contributed by atoms with Gasteiger partial charge in [-0.2, -0.15) is 45.1 Å². The molecule has 0 radical (unpaired) electrons. The van der Waals surface area contributed by atoms with Crippen molar-refractivity contribution in [1.29, 1.82) is 0 Å². The van der Waals surface area contributed by atoms with Crippen LogP contribution in [0.5, 0.6) is 0 Å². The van der Waals surface area contributed by atoms with Crippen molar-refractivity contribution < 1.29 is 40.2 Å². The molecule has 0 aromatic carbocycles. The van der Waals surface area contributed by atoms with Crippen molar-refractivity contribution in [3.8, 4) is 0 Å². The van der Waals surface area contributed by atoms with Crippen LogP contribution in [0.3, 0.4) is 0 Å². The van der Waals surface area contributed by atoms with Gasteiger partial charge in [0.15, 0.2) is 0 Å². The van der Waals surface area contributed by atoms with Crippen LogP contribution in [0.2, 0.25) is 0 Å². The molecule has 0 unspecified atom stereocenters. The minimum atomic E-state index is -2.45. The molecule has 0 saturated carbocycles. The van der Waals surface area contributed by atoms with Crippen LogP contribution in [-0.4, -0.2) is 9.97 Å². The fraction of sp³-hybridized carbons (Fsp3) is 0. The molecule has 2 aromatic rings. The summed E-state index contributed by atoms with van der Waals surface area (Å²) in [7, 11) is 0. The molecule has 0 saturated heterocycles. The van der Waals surface area contributed by atoms with E-state index in [1.54, 1.807) is 0 Å². The van der Waals surface area contributed by atoms with Crippen molar-refractivity contribution in [3.63, 3.8) is 0 Å². The fourth-order valence-electron chi connectivity index (χ4n) is 1.48. The summed E-state index contributed by atoms with van der Waals surface area (Å²) in [6, 6.07) is 0. The van der Waals surface area contributed by atoms with Crippen LogP contribution in [0.15, 0.2) is 0 Å². The third-order valence-corrected chi connectivity index (χ3v) is 2.45. The smallest absolute Gasteiger partial charge is 0.281 e. The van der Waals surface area contributed by atoms with E-state index in [1.165, 1.54) is 0 Å². The Kier molecular flexibility index (Phi) is 3.98. The quantitative estimate of drug-likeness (QED) is 0.520. The number of nitrogens with zero attached hydrogens (tertiary/aromatic N) is 2. The van der Waals surface area contributed by atoms with Gasteiger partial charge >= 0.3 is 0 Å². The van der Waals surface area contributed by atoms with Gasteiger partial charge in [-0.15, -0.1) is 0 Å². The molecule has 118 valence electrons. The summed E-state index contributed by atoms with van der Waals surface area (Å²) in [4.78, 5) is 4.36. The minimum absolute atomic E-state index is 2.00. The molecule has 0 bridgehead atoms. The molecule has 0 fully saturated rings. The Morgan fingerprint density at radius 3 is 1.18 bits per heavy atom. The van der Waals surface area contributed by atoms with E-state index in [9.17, 15) is 40.3 Å². The minimum Gasteiger partial charge on any atom is -0.623 e. The highest BCUT2D eigenvalue weighted by molar-refractivity contribution is 5.39. The maximum atomic E-state index is 13.4. The van der Waals surface area contributed by atoms with Crippen LogP contribution in [0, 0.1) is 52.3 Å². The zero-order chi connectivity index (χ0) is 16.8. The molecule has 4 nitrogen and oxygen atoms in total. The van der Waals surface area contributed by atoms with Crippen LogP contribution in [0.25, 0.3) is 0 Å². The molecular formula is C10HF8N3O. The second-order valence-corrected chi connectivity index (χ2v) is 3.72. The van der Waals surface area contributed by atoms with E-state index in [-0.39, 0.29) is 0 Å². The summed E-state index contributed by atoms with van der Waals surface area (Å²) in [5.41, 5.74) is -3.99. The average molecular weight is 331 g/mol. The molecule has 0 atom stereocenters. The Morgan fingerprint density at radius 1 is 0.545 bits per heavy atom. The van der Waals surface area contributed by atoms with Gasteiger partial charge in [0.1, 0.15) is 0 Å². The first-order valence-corrected chi connectivity index (χ1v) is 5.11. The molecular weight excluding hydrogens is 330 g/mol. The van der Waals surface area contributed by atoms with Crippen molar-refractivity contribution in [1.82, 2.24) is 9.97 Å². The largest absolute Gasteiger partial charge is 0.623 e. The van der Waals surface area contributed by atoms with Crippen molar-refractivity contribution in [2.75, 3.05) is 0 Å². The number of halogens is 8. The molecule has 2 rings (SSSR count). The number of pyridine rings is 2. The van der Waals surface area contributed by atoms with Gasteiger partial charge in [-0.1, -0.05) is 0 Å². The van der Waals surface area contributed by atoms with Gasteiger partial charge in [0.05, 0.1) is 0 Å². The van der Waals surface area contributed by atoms with E-state index in [4.69, 9.17) is 0 Å². The highest BCUT2D eigenvalue weighted by atomic mass is 19.2. The van der Waals surface area contributed by atoms with Gasteiger partial charge in [-0.05, 0) is 0 Å². The van der Waals surface area contributed by atoms with Gasteiger partial charge in [-0.25, -0.2) is 0 Å². The van der Waals surface area contributed by atoms with Gasteiger partial charge < -0.3 is 5.21 Å². The lowest BCUT2D eigenvalue weighted by Gasteiger charge is -2.22. The van der Waals surface area contributed by atoms with Gasteiger partial charge in [0.25, 0.3) is 23.8 Å². The van der Waals surface area contributed by atoms with E-state index < -0.39 is 63.5 Å². The molecule has 0 aliphatic carbocycles. The molecule has 22 heavy (non-hydrogen) atoms. The van der Waals surface area contributed by atoms with Crippen molar-refractivity contribution >= 4 is 11.4 Å². The van der Waals surface area contributed by atoms with E-state index in [0.717, 1.165) is 0 Å². The lowest BCUT2D eigenvalue weighted by atomic mass is 10.3. The van der Waals surface area contributed by atoms with Gasteiger partial charge in [0.2, 0.25) is 34.6 Å². The first-order chi connectivity index (χ1) is 10.2. The molecule has 2 aromatic heterocycles. The second-order valence-electron chi connectivity index (χ2n) is 3.72. The van der Waals surface area contributed by atoms with Crippen LogP contribution < -0.4 is 5.06 Å². The number of quaternary nitrogens is 1. The normalized spacial score (nSPS) is 11.4. The Labute approximate surface area is 115 Å². The molecule has 0 aliphatic rings. The highest BCUT2D eigenvalue weighted by Gasteiger charge is 2.33. The third kappa shape index (κ3) is 2.35. The summed E-state index contributed by atoms with van der Waals surface area (Å²) < 4.78 is 104. The summed E-state index contributed by atoms with van der Waals surface area (Å²) in [6.45, 7) is 0. The van der Waals surface area contributed by atoms with Gasteiger partial charge in [-0.3, -0.25) is 5.06 Å². The fourth-order valence-corrected chi connectivity index (χ4v) is 1.48. The Morgan fingerprint density at radius 2 is 0.864 bits per heavy atom. The topological polar surface area (TPSA) is 53.3 Å². The van der Waals surface area contributed by atoms with E-state index in [1.807, 2.05) is 0 Å². The third-order valence-electron chi connectivity index (χ3n) is 2.45. The maximum absolute atomic E-state index is 13.4. The van der Waals surface area contributed by atoms with Crippen molar-refractivity contribution in [3.05, 3.63) is 52.3 Å². The summed E-state index contributed by atoms with van der Waals surface area (Å²) in [5, 5.41) is 9.36. The van der Waals surface area contributed by atoms with Crippen LogP contribution >= 0.6 is 0 Å². The number of aromatic nitrogens is 2. The second kappa shape index (κ2) is 5.46. The van der Waals surface area contributed by atoms with E-state index >= 15 is 0 Å². The first-order valence-electron chi connectivity index (χ1n) is 5.11.